The third-order valence-electron chi connectivity index (χ3n) is 3.25. The highest BCUT2D eigenvalue weighted by molar-refractivity contribution is 8.15. The average molecular weight is 386 g/mol. The second-order valence-corrected chi connectivity index (χ2v) is 7.32. The molecule has 0 unspecified atom stereocenters. The Kier molecular flexibility index (Phi) is 5.17. The number of aliphatic imine (C=N–C) groups is 1. The number of carbonyl (C=O) groups excluding carboxylic acids is 1. The maximum Gasteiger partial charge on any atom is 0.239 e. The summed E-state index contributed by atoms with van der Waals surface area (Å²) in [5.74, 6) is -0.0909. The van der Waals surface area contributed by atoms with Crippen molar-refractivity contribution < 1.29 is 4.79 Å². The van der Waals surface area contributed by atoms with Crippen molar-refractivity contribution in [2.45, 2.75) is 11.7 Å². The van der Waals surface area contributed by atoms with Crippen LogP contribution in [0.5, 0.6) is 0 Å². The van der Waals surface area contributed by atoms with Crippen LogP contribution in [0.1, 0.15) is 5.56 Å². The van der Waals surface area contributed by atoms with Crippen molar-refractivity contribution in [3.05, 3.63) is 63.1 Å². The molecule has 2 aromatic carbocycles. The maximum absolute atomic E-state index is 12.1. The number of thioether (sulfide) groups is 1. The number of nitrogens with zero attached hydrogens (tertiary/aromatic N) is 1. The van der Waals surface area contributed by atoms with Crippen LogP contribution in [0, 0.1) is 0 Å². The molecule has 3 nitrogen and oxygen atoms in total. The normalized spacial score (nSPS) is 19.2. The van der Waals surface area contributed by atoms with Gasteiger partial charge in [0.25, 0.3) is 0 Å². The molecule has 1 aliphatic rings. The lowest BCUT2D eigenvalue weighted by Gasteiger charge is -2.08. The van der Waals surface area contributed by atoms with E-state index in [1.54, 1.807) is 18.2 Å². The lowest BCUT2D eigenvalue weighted by atomic mass is 10.1. The summed E-state index contributed by atoms with van der Waals surface area (Å²) >= 11 is 19.5. The number of benzene rings is 2. The number of rotatable bonds is 3. The Hall–Kier alpha value is -1.20. The van der Waals surface area contributed by atoms with E-state index in [0.29, 0.717) is 32.3 Å². The van der Waals surface area contributed by atoms with E-state index in [-0.39, 0.29) is 11.2 Å². The highest BCUT2D eigenvalue weighted by Gasteiger charge is 2.31. The summed E-state index contributed by atoms with van der Waals surface area (Å²) in [7, 11) is 0. The third kappa shape index (κ3) is 4.01. The first-order valence-corrected chi connectivity index (χ1v) is 8.79. The Morgan fingerprint density at radius 3 is 2.70 bits per heavy atom. The molecule has 0 bridgehead atoms. The summed E-state index contributed by atoms with van der Waals surface area (Å²) in [6.07, 6.45) is 0.491. The zero-order valence-corrected chi connectivity index (χ0v) is 14.8. The van der Waals surface area contributed by atoms with Crippen molar-refractivity contribution in [1.82, 2.24) is 5.32 Å². The minimum absolute atomic E-state index is 0.0909. The SMILES string of the molecule is O=C1NC(=Nc2cccc(Cl)c2)S[C@H]1Cc1cccc(Cl)c1Cl. The first-order chi connectivity index (χ1) is 11.0. The molecule has 1 aliphatic heterocycles. The molecule has 0 saturated carbocycles. The van der Waals surface area contributed by atoms with E-state index in [1.165, 1.54) is 11.8 Å². The summed E-state index contributed by atoms with van der Waals surface area (Å²) in [5, 5.41) is 4.62. The van der Waals surface area contributed by atoms with Crippen LogP contribution in [0.4, 0.5) is 5.69 Å². The highest BCUT2D eigenvalue weighted by atomic mass is 35.5. The van der Waals surface area contributed by atoms with E-state index in [9.17, 15) is 4.79 Å². The second-order valence-electron chi connectivity index (χ2n) is 4.91. The molecule has 23 heavy (non-hydrogen) atoms. The molecule has 0 radical (unpaired) electrons. The summed E-state index contributed by atoms with van der Waals surface area (Å²) in [5.41, 5.74) is 1.54. The molecule has 0 aliphatic carbocycles. The number of halogens is 3. The van der Waals surface area contributed by atoms with E-state index in [0.717, 1.165) is 5.56 Å². The quantitative estimate of drug-likeness (QED) is 0.798. The van der Waals surface area contributed by atoms with Gasteiger partial charge in [-0.2, -0.15) is 0 Å². The Balaban J connectivity index is 1.76. The highest BCUT2D eigenvalue weighted by Crippen LogP contribution is 2.31. The fourth-order valence-corrected chi connectivity index (χ4v) is 3.76. The number of hydrogen-bond donors (Lipinski definition) is 1. The van der Waals surface area contributed by atoms with Crippen LogP contribution in [0.2, 0.25) is 15.1 Å². The van der Waals surface area contributed by atoms with Gasteiger partial charge in [0.15, 0.2) is 5.17 Å². The van der Waals surface area contributed by atoms with Gasteiger partial charge in [0.1, 0.15) is 0 Å². The molecule has 1 heterocycles. The van der Waals surface area contributed by atoms with Crippen LogP contribution in [0.15, 0.2) is 47.5 Å². The van der Waals surface area contributed by atoms with Crippen LogP contribution in [-0.4, -0.2) is 16.3 Å². The Labute approximate surface area is 153 Å². The van der Waals surface area contributed by atoms with Gasteiger partial charge in [0.2, 0.25) is 5.91 Å². The maximum atomic E-state index is 12.1. The molecule has 118 valence electrons. The fourth-order valence-electron chi connectivity index (χ4n) is 2.16. The predicted octanol–water partition coefficient (Wildman–Crippen LogP) is 5.11. The third-order valence-corrected chi connectivity index (χ3v) is 5.43. The van der Waals surface area contributed by atoms with Crippen molar-refractivity contribution in [1.29, 1.82) is 0 Å². The van der Waals surface area contributed by atoms with E-state index in [2.05, 4.69) is 10.3 Å². The first kappa shape index (κ1) is 16.7. The van der Waals surface area contributed by atoms with Gasteiger partial charge in [-0.25, -0.2) is 4.99 Å². The van der Waals surface area contributed by atoms with Gasteiger partial charge in [0, 0.05) is 5.02 Å². The number of nitrogens with one attached hydrogen (secondary N) is 1. The standard InChI is InChI=1S/C16H11Cl3N2OS/c17-10-4-2-5-11(8-10)20-16-21-15(22)13(23-16)7-9-3-1-6-12(18)14(9)19/h1-6,8,13H,7H2,(H,20,21,22)/t13-/m0/s1. The summed E-state index contributed by atoms with van der Waals surface area (Å²) in [6, 6.07) is 12.6. The van der Waals surface area contributed by atoms with Gasteiger partial charge in [0.05, 0.1) is 21.0 Å². The lowest BCUT2D eigenvalue weighted by molar-refractivity contribution is -0.118. The summed E-state index contributed by atoms with van der Waals surface area (Å²) in [6.45, 7) is 0. The monoisotopic (exact) mass is 384 g/mol. The molecule has 1 saturated heterocycles. The molecular weight excluding hydrogens is 375 g/mol. The molecule has 1 atom stereocenters. The van der Waals surface area contributed by atoms with E-state index < -0.39 is 0 Å². The van der Waals surface area contributed by atoms with E-state index >= 15 is 0 Å². The second kappa shape index (κ2) is 7.14. The topological polar surface area (TPSA) is 41.5 Å². The van der Waals surface area contributed by atoms with Crippen LogP contribution in [0.25, 0.3) is 0 Å². The van der Waals surface area contributed by atoms with Crippen LogP contribution < -0.4 is 5.32 Å². The van der Waals surface area contributed by atoms with Gasteiger partial charge >= 0.3 is 0 Å². The number of carbonyl (C=O) groups is 1. The largest absolute Gasteiger partial charge is 0.304 e. The number of amides is 1. The van der Waals surface area contributed by atoms with Gasteiger partial charge in [-0.15, -0.1) is 0 Å². The van der Waals surface area contributed by atoms with Gasteiger partial charge in [-0.1, -0.05) is 64.8 Å². The average Bonchev–Trinajstić information content (AvgIpc) is 2.83. The smallest absolute Gasteiger partial charge is 0.239 e. The van der Waals surface area contributed by atoms with Crippen molar-refractivity contribution in [3.63, 3.8) is 0 Å². The van der Waals surface area contributed by atoms with Crippen molar-refractivity contribution in [2.75, 3.05) is 0 Å². The summed E-state index contributed by atoms with van der Waals surface area (Å²) < 4.78 is 0. The molecule has 1 amide bonds. The van der Waals surface area contributed by atoms with Crippen LogP contribution in [0.3, 0.4) is 0 Å². The Morgan fingerprint density at radius 2 is 1.91 bits per heavy atom. The summed E-state index contributed by atoms with van der Waals surface area (Å²) in [4.78, 5) is 16.5. The van der Waals surface area contributed by atoms with Crippen molar-refractivity contribution in [2.24, 2.45) is 4.99 Å². The Morgan fingerprint density at radius 1 is 1.13 bits per heavy atom. The molecular formula is C16H11Cl3N2OS. The molecule has 1 fully saturated rings. The first-order valence-electron chi connectivity index (χ1n) is 6.77. The lowest BCUT2D eigenvalue weighted by Crippen LogP contribution is -2.26. The van der Waals surface area contributed by atoms with Gasteiger partial charge in [-0.3, -0.25) is 4.79 Å². The minimum Gasteiger partial charge on any atom is -0.304 e. The van der Waals surface area contributed by atoms with Gasteiger partial charge < -0.3 is 5.32 Å². The van der Waals surface area contributed by atoms with Gasteiger partial charge in [-0.05, 0) is 36.2 Å². The zero-order valence-electron chi connectivity index (χ0n) is 11.7. The molecule has 7 heteroatoms. The molecule has 1 N–H and O–H groups in total. The van der Waals surface area contributed by atoms with E-state index in [1.807, 2.05) is 24.3 Å². The molecule has 0 aromatic heterocycles. The molecule has 2 aromatic rings. The predicted molar refractivity (Wildman–Crippen MR) is 98.2 cm³/mol. The minimum atomic E-state index is -0.288. The fraction of sp³-hybridized carbons (Fsp3) is 0.125. The number of amidine groups is 1. The van der Waals surface area contributed by atoms with Crippen LogP contribution >= 0.6 is 46.6 Å². The van der Waals surface area contributed by atoms with E-state index in [4.69, 9.17) is 34.8 Å². The zero-order chi connectivity index (χ0) is 16.4. The Bertz CT molecular complexity index is 795. The molecule has 0 spiro atoms. The number of hydrogen-bond acceptors (Lipinski definition) is 3. The molecule has 3 rings (SSSR count). The van der Waals surface area contributed by atoms with Crippen molar-refractivity contribution >= 4 is 63.3 Å². The van der Waals surface area contributed by atoms with Crippen molar-refractivity contribution in [3.8, 4) is 0 Å². The van der Waals surface area contributed by atoms with Crippen LogP contribution in [-0.2, 0) is 11.2 Å².